The second kappa shape index (κ2) is 10.5. The molecule has 1 aromatic carbocycles. The van der Waals surface area contributed by atoms with Gasteiger partial charge in [-0.2, -0.15) is 0 Å². The van der Waals surface area contributed by atoms with Crippen molar-refractivity contribution in [3.05, 3.63) is 58.0 Å². The molecule has 0 radical (unpaired) electrons. The van der Waals surface area contributed by atoms with Gasteiger partial charge in [0, 0.05) is 17.5 Å². The summed E-state index contributed by atoms with van der Waals surface area (Å²) in [5, 5.41) is 8.68. The molecule has 4 nitrogen and oxygen atoms in total. The van der Waals surface area contributed by atoms with Crippen LogP contribution in [0.25, 0.3) is 0 Å². The fourth-order valence-corrected chi connectivity index (χ4v) is 4.44. The van der Waals surface area contributed by atoms with Crippen LogP contribution in [-0.2, 0) is 17.9 Å². The van der Waals surface area contributed by atoms with Gasteiger partial charge in [-0.05, 0) is 54.2 Å². The van der Waals surface area contributed by atoms with E-state index in [9.17, 15) is 9.18 Å². The summed E-state index contributed by atoms with van der Waals surface area (Å²) in [5.41, 5.74) is 0.860. The molecule has 0 aliphatic heterocycles. The lowest BCUT2D eigenvalue weighted by Crippen LogP contribution is -2.48. The topological polar surface area (TPSA) is 44.4 Å². The third kappa shape index (κ3) is 6.27. The van der Waals surface area contributed by atoms with Crippen LogP contribution in [0.15, 0.2) is 41.8 Å². The first kappa shape index (κ1) is 20.7. The molecule has 28 heavy (non-hydrogen) atoms. The Labute approximate surface area is 175 Å². The molecule has 1 aliphatic rings. The number of carbonyl (C=O) groups is 1. The summed E-state index contributed by atoms with van der Waals surface area (Å²) in [6, 6.07) is 10.7. The summed E-state index contributed by atoms with van der Waals surface area (Å²) in [7, 11) is 0. The molecule has 2 aromatic rings. The van der Waals surface area contributed by atoms with Crippen molar-refractivity contribution in [2.75, 3.05) is 6.54 Å². The SMILES string of the molecule is O=C(CNC(=S)N(Cc1cccs1)C1CCCCC1)NCc1ccc(F)cc1. The Morgan fingerprint density at radius 2 is 1.89 bits per heavy atom. The van der Waals surface area contributed by atoms with Crippen LogP contribution in [0.3, 0.4) is 0 Å². The number of hydrogen-bond donors (Lipinski definition) is 2. The standard InChI is InChI=1S/C21H26FN3OS2/c22-17-10-8-16(9-11-17)13-23-20(26)14-24-21(27)25(15-19-7-4-12-28-19)18-5-2-1-3-6-18/h4,7-12,18H,1-3,5-6,13-15H2,(H,23,26)(H,24,27). The lowest BCUT2D eigenvalue weighted by atomic mass is 9.94. The number of halogens is 1. The average Bonchev–Trinajstić information content (AvgIpc) is 3.24. The van der Waals surface area contributed by atoms with Crippen LogP contribution in [0.1, 0.15) is 42.5 Å². The van der Waals surface area contributed by atoms with Gasteiger partial charge >= 0.3 is 0 Å². The molecule has 0 spiro atoms. The van der Waals surface area contributed by atoms with E-state index in [1.165, 1.54) is 36.3 Å². The van der Waals surface area contributed by atoms with E-state index in [1.807, 2.05) is 0 Å². The quantitative estimate of drug-likeness (QED) is 0.660. The summed E-state index contributed by atoms with van der Waals surface area (Å²) >= 11 is 7.37. The van der Waals surface area contributed by atoms with Crippen LogP contribution in [0, 0.1) is 5.82 Å². The number of nitrogens with one attached hydrogen (secondary N) is 2. The van der Waals surface area contributed by atoms with Crippen LogP contribution >= 0.6 is 23.6 Å². The summed E-state index contributed by atoms with van der Waals surface area (Å²) < 4.78 is 12.9. The van der Waals surface area contributed by atoms with E-state index in [1.54, 1.807) is 23.5 Å². The molecule has 7 heteroatoms. The Kier molecular flexibility index (Phi) is 7.80. The minimum atomic E-state index is -0.282. The highest BCUT2D eigenvalue weighted by Gasteiger charge is 2.24. The largest absolute Gasteiger partial charge is 0.353 e. The maximum atomic E-state index is 12.9. The third-order valence-electron chi connectivity index (χ3n) is 4.99. The van der Waals surface area contributed by atoms with Crippen molar-refractivity contribution < 1.29 is 9.18 Å². The molecule has 1 heterocycles. The van der Waals surface area contributed by atoms with Crippen LogP contribution in [0.5, 0.6) is 0 Å². The van der Waals surface area contributed by atoms with Gasteiger partial charge in [-0.3, -0.25) is 4.79 Å². The highest BCUT2D eigenvalue weighted by Crippen LogP contribution is 2.25. The maximum Gasteiger partial charge on any atom is 0.239 e. The van der Waals surface area contributed by atoms with Gasteiger partial charge in [0.25, 0.3) is 0 Å². The van der Waals surface area contributed by atoms with Gasteiger partial charge in [0.2, 0.25) is 5.91 Å². The molecular weight excluding hydrogens is 393 g/mol. The van der Waals surface area contributed by atoms with Crippen molar-refractivity contribution in [2.24, 2.45) is 0 Å². The predicted molar refractivity (Wildman–Crippen MR) is 116 cm³/mol. The molecule has 1 saturated carbocycles. The van der Waals surface area contributed by atoms with Crippen molar-refractivity contribution >= 4 is 34.6 Å². The lowest BCUT2D eigenvalue weighted by molar-refractivity contribution is -0.120. The summed E-state index contributed by atoms with van der Waals surface area (Å²) in [4.78, 5) is 15.7. The third-order valence-corrected chi connectivity index (χ3v) is 6.23. The fraction of sp³-hybridized carbons (Fsp3) is 0.429. The van der Waals surface area contributed by atoms with Crippen molar-refractivity contribution in [2.45, 2.75) is 51.2 Å². The molecule has 0 atom stereocenters. The average molecular weight is 420 g/mol. The minimum absolute atomic E-state index is 0.133. The molecular formula is C21H26FN3OS2. The van der Waals surface area contributed by atoms with Crippen molar-refractivity contribution in [1.29, 1.82) is 0 Å². The number of nitrogens with zero attached hydrogens (tertiary/aromatic N) is 1. The first-order valence-corrected chi connectivity index (χ1v) is 11.0. The lowest BCUT2D eigenvalue weighted by Gasteiger charge is -2.36. The van der Waals surface area contributed by atoms with Crippen LogP contribution < -0.4 is 10.6 Å². The number of thiophene rings is 1. The molecule has 1 aromatic heterocycles. The highest BCUT2D eigenvalue weighted by atomic mass is 32.1. The van der Waals surface area contributed by atoms with Crippen molar-refractivity contribution in [3.8, 4) is 0 Å². The number of amides is 1. The van der Waals surface area contributed by atoms with Crippen LogP contribution in [-0.4, -0.2) is 28.5 Å². The Morgan fingerprint density at radius 3 is 2.57 bits per heavy atom. The highest BCUT2D eigenvalue weighted by molar-refractivity contribution is 7.80. The first-order valence-electron chi connectivity index (χ1n) is 9.70. The van der Waals surface area contributed by atoms with Gasteiger partial charge in [0.1, 0.15) is 5.82 Å². The number of hydrogen-bond acceptors (Lipinski definition) is 3. The fourth-order valence-electron chi connectivity index (χ4n) is 3.45. The second-order valence-electron chi connectivity index (χ2n) is 7.06. The Morgan fingerprint density at radius 1 is 1.14 bits per heavy atom. The molecule has 3 rings (SSSR count). The van der Waals surface area contributed by atoms with Crippen molar-refractivity contribution in [1.82, 2.24) is 15.5 Å². The molecule has 150 valence electrons. The smallest absolute Gasteiger partial charge is 0.239 e. The molecule has 0 unspecified atom stereocenters. The zero-order valence-corrected chi connectivity index (χ0v) is 17.5. The second-order valence-corrected chi connectivity index (χ2v) is 8.48. The molecule has 0 bridgehead atoms. The van der Waals surface area contributed by atoms with Crippen molar-refractivity contribution in [3.63, 3.8) is 0 Å². The van der Waals surface area contributed by atoms with Gasteiger partial charge in [0.05, 0.1) is 13.1 Å². The molecule has 2 N–H and O–H groups in total. The maximum absolute atomic E-state index is 12.9. The van der Waals surface area contributed by atoms with E-state index in [-0.39, 0.29) is 18.3 Å². The number of carbonyl (C=O) groups excluding carboxylic acids is 1. The first-order chi connectivity index (χ1) is 13.6. The molecule has 0 saturated heterocycles. The summed E-state index contributed by atoms with van der Waals surface area (Å²) in [6.07, 6.45) is 6.03. The Balaban J connectivity index is 1.50. The molecule has 1 aliphatic carbocycles. The Bertz CT molecular complexity index is 758. The molecule has 1 fully saturated rings. The molecule has 1 amide bonds. The van der Waals surface area contributed by atoms with Crippen LogP contribution in [0.2, 0.25) is 0 Å². The number of rotatable bonds is 7. The monoisotopic (exact) mass is 419 g/mol. The zero-order chi connectivity index (χ0) is 19.8. The van der Waals surface area contributed by atoms with E-state index in [4.69, 9.17) is 12.2 Å². The summed E-state index contributed by atoms with van der Waals surface area (Å²) in [5.74, 6) is -0.415. The minimum Gasteiger partial charge on any atom is -0.353 e. The van der Waals surface area contributed by atoms with Gasteiger partial charge in [-0.15, -0.1) is 11.3 Å². The van der Waals surface area contributed by atoms with E-state index in [0.717, 1.165) is 24.9 Å². The van der Waals surface area contributed by atoms with Gasteiger partial charge in [0.15, 0.2) is 5.11 Å². The number of thiocarbonyl (C=S) groups is 1. The normalized spacial score (nSPS) is 14.5. The predicted octanol–water partition coefficient (Wildman–Crippen LogP) is 4.21. The van der Waals surface area contributed by atoms with E-state index in [2.05, 4.69) is 33.0 Å². The van der Waals surface area contributed by atoms with E-state index < -0.39 is 0 Å². The zero-order valence-electron chi connectivity index (χ0n) is 15.8. The van der Waals surface area contributed by atoms with Gasteiger partial charge in [-0.1, -0.05) is 37.5 Å². The van der Waals surface area contributed by atoms with E-state index in [0.29, 0.717) is 17.7 Å². The van der Waals surface area contributed by atoms with Crippen LogP contribution in [0.4, 0.5) is 4.39 Å². The van der Waals surface area contributed by atoms with E-state index >= 15 is 0 Å². The Hall–Kier alpha value is -1.99. The van der Waals surface area contributed by atoms with Gasteiger partial charge < -0.3 is 15.5 Å². The summed E-state index contributed by atoms with van der Waals surface area (Å²) in [6.45, 7) is 1.29. The van der Waals surface area contributed by atoms with Gasteiger partial charge in [-0.25, -0.2) is 4.39 Å². The number of benzene rings is 1.